The van der Waals surface area contributed by atoms with E-state index in [2.05, 4.69) is 15.1 Å². The van der Waals surface area contributed by atoms with Gasteiger partial charge in [-0.15, -0.1) is 0 Å². The summed E-state index contributed by atoms with van der Waals surface area (Å²) in [6.07, 6.45) is 0.903. The van der Waals surface area contributed by atoms with Crippen LogP contribution in [0.5, 0.6) is 0 Å². The second kappa shape index (κ2) is 5.13. The highest BCUT2D eigenvalue weighted by Gasteiger charge is 2.21. The van der Waals surface area contributed by atoms with Gasteiger partial charge in [0, 0.05) is 25.2 Å². The molecule has 2 N–H and O–H groups in total. The molecule has 22 heavy (non-hydrogen) atoms. The van der Waals surface area contributed by atoms with Crippen molar-refractivity contribution in [3.63, 3.8) is 0 Å². The summed E-state index contributed by atoms with van der Waals surface area (Å²) in [5, 5.41) is 6.84. The van der Waals surface area contributed by atoms with Crippen LogP contribution in [-0.2, 0) is 28.3 Å². The molecule has 0 unspecified atom stereocenters. The summed E-state index contributed by atoms with van der Waals surface area (Å²) in [6.45, 7) is 1.79. The molecule has 2 aromatic rings. The van der Waals surface area contributed by atoms with Crippen LogP contribution in [0, 0.1) is 6.92 Å². The SMILES string of the molecule is Cc1cc(NS(=O)(=O)c2ccc3c(c2)CCC(=O)N3)n(C)n1. The number of benzene rings is 1. The predicted octanol–water partition coefficient (Wildman–Crippen LogP) is 1.41. The maximum atomic E-state index is 12.5. The Morgan fingerprint density at radius 3 is 2.73 bits per heavy atom. The number of hydrogen-bond acceptors (Lipinski definition) is 4. The number of anilines is 2. The van der Waals surface area contributed by atoms with Gasteiger partial charge in [0.15, 0.2) is 0 Å². The molecular weight excluding hydrogens is 304 g/mol. The van der Waals surface area contributed by atoms with Gasteiger partial charge >= 0.3 is 0 Å². The Morgan fingerprint density at radius 1 is 1.27 bits per heavy atom. The fourth-order valence-corrected chi connectivity index (χ4v) is 3.56. The molecule has 1 amide bonds. The standard InChI is InChI=1S/C14H16N4O3S/c1-9-7-13(18(2)16-9)17-22(20,21)11-4-5-12-10(8-11)3-6-14(19)15-12/h4-5,7-8,17H,3,6H2,1-2H3,(H,15,19). The van der Waals surface area contributed by atoms with Gasteiger partial charge in [0.2, 0.25) is 5.91 Å². The predicted molar refractivity (Wildman–Crippen MR) is 82.1 cm³/mol. The highest BCUT2D eigenvalue weighted by Crippen LogP contribution is 2.26. The van der Waals surface area contributed by atoms with Gasteiger partial charge in [-0.1, -0.05) is 0 Å². The molecule has 7 nitrogen and oxygen atoms in total. The minimum Gasteiger partial charge on any atom is -0.326 e. The van der Waals surface area contributed by atoms with Crippen LogP contribution in [0.25, 0.3) is 0 Å². The van der Waals surface area contributed by atoms with Crippen molar-refractivity contribution in [2.45, 2.75) is 24.7 Å². The van der Waals surface area contributed by atoms with Gasteiger partial charge in [-0.3, -0.25) is 14.2 Å². The minimum absolute atomic E-state index is 0.0495. The van der Waals surface area contributed by atoms with Crippen LogP contribution >= 0.6 is 0 Å². The lowest BCUT2D eigenvalue weighted by Crippen LogP contribution is -2.20. The van der Waals surface area contributed by atoms with Gasteiger partial charge in [0.1, 0.15) is 5.82 Å². The average Bonchev–Trinajstić information content (AvgIpc) is 2.75. The first-order valence-electron chi connectivity index (χ1n) is 6.81. The summed E-state index contributed by atoms with van der Waals surface area (Å²) >= 11 is 0. The number of fused-ring (bicyclic) bond motifs is 1. The van der Waals surface area contributed by atoms with Crippen LogP contribution < -0.4 is 10.0 Å². The van der Waals surface area contributed by atoms with Gasteiger partial charge in [-0.05, 0) is 37.1 Å². The summed E-state index contributed by atoms with van der Waals surface area (Å²) in [7, 11) is -2.02. The average molecular weight is 320 g/mol. The zero-order valence-electron chi connectivity index (χ0n) is 12.3. The summed E-state index contributed by atoms with van der Waals surface area (Å²) in [4.78, 5) is 11.5. The molecule has 116 valence electrons. The second-order valence-electron chi connectivity index (χ2n) is 5.27. The Morgan fingerprint density at radius 2 is 2.05 bits per heavy atom. The lowest BCUT2D eigenvalue weighted by Gasteiger charge is -2.17. The molecule has 3 rings (SSSR count). The monoisotopic (exact) mass is 320 g/mol. The van der Waals surface area contributed by atoms with Crippen molar-refractivity contribution in [2.75, 3.05) is 10.0 Å². The van der Waals surface area contributed by atoms with Gasteiger partial charge < -0.3 is 5.32 Å². The van der Waals surface area contributed by atoms with Gasteiger partial charge in [-0.2, -0.15) is 5.10 Å². The van der Waals surface area contributed by atoms with Gasteiger partial charge in [-0.25, -0.2) is 8.42 Å². The molecule has 0 saturated heterocycles. The Kier molecular flexibility index (Phi) is 3.40. The number of hydrogen-bond donors (Lipinski definition) is 2. The van der Waals surface area contributed by atoms with Gasteiger partial charge in [0.05, 0.1) is 10.6 Å². The molecule has 1 aliphatic heterocycles. The molecule has 8 heteroatoms. The molecular formula is C14H16N4O3S. The number of nitrogens with one attached hydrogen (secondary N) is 2. The number of rotatable bonds is 3. The lowest BCUT2D eigenvalue weighted by molar-refractivity contribution is -0.116. The van der Waals surface area contributed by atoms with Crippen LogP contribution in [0.1, 0.15) is 17.7 Å². The molecule has 0 bridgehead atoms. The Hall–Kier alpha value is -2.35. The van der Waals surface area contributed by atoms with Crippen LogP contribution in [0.2, 0.25) is 0 Å². The van der Waals surface area contributed by atoms with Crippen molar-refractivity contribution in [2.24, 2.45) is 7.05 Å². The topological polar surface area (TPSA) is 93.1 Å². The molecule has 0 atom stereocenters. The van der Waals surface area contributed by atoms with Crippen LogP contribution in [0.3, 0.4) is 0 Å². The third-order valence-electron chi connectivity index (χ3n) is 3.52. The van der Waals surface area contributed by atoms with E-state index >= 15 is 0 Å². The zero-order valence-corrected chi connectivity index (χ0v) is 13.1. The first kappa shape index (κ1) is 14.6. The highest BCUT2D eigenvalue weighted by molar-refractivity contribution is 7.92. The fourth-order valence-electron chi connectivity index (χ4n) is 2.43. The van der Waals surface area contributed by atoms with Crippen molar-refractivity contribution in [3.05, 3.63) is 35.5 Å². The maximum Gasteiger partial charge on any atom is 0.263 e. The number of nitrogens with zero attached hydrogens (tertiary/aromatic N) is 2. The first-order valence-corrected chi connectivity index (χ1v) is 8.30. The van der Waals surface area contributed by atoms with E-state index in [1.54, 1.807) is 32.2 Å². The maximum absolute atomic E-state index is 12.5. The molecule has 0 radical (unpaired) electrons. The van der Waals surface area contributed by atoms with E-state index in [0.717, 1.165) is 11.3 Å². The second-order valence-corrected chi connectivity index (χ2v) is 6.95. The molecule has 1 aromatic heterocycles. The van der Waals surface area contributed by atoms with Crippen molar-refractivity contribution in [3.8, 4) is 0 Å². The van der Waals surface area contributed by atoms with Crippen molar-refractivity contribution >= 4 is 27.4 Å². The number of carbonyl (C=O) groups excluding carboxylic acids is 1. The first-order chi connectivity index (χ1) is 10.3. The van der Waals surface area contributed by atoms with Crippen LogP contribution in [-0.4, -0.2) is 24.1 Å². The highest BCUT2D eigenvalue weighted by atomic mass is 32.2. The van der Waals surface area contributed by atoms with E-state index in [9.17, 15) is 13.2 Å². The lowest BCUT2D eigenvalue weighted by atomic mass is 10.0. The Labute approximate surface area is 128 Å². The molecule has 0 fully saturated rings. The number of aromatic nitrogens is 2. The fraction of sp³-hybridized carbons (Fsp3) is 0.286. The van der Waals surface area contributed by atoms with E-state index in [1.807, 2.05) is 0 Å². The van der Waals surface area contributed by atoms with Crippen molar-refractivity contribution < 1.29 is 13.2 Å². The smallest absolute Gasteiger partial charge is 0.263 e. The van der Waals surface area contributed by atoms with E-state index in [1.165, 1.54) is 10.7 Å². The Balaban J connectivity index is 1.92. The normalized spacial score (nSPS) is 14.4. The van der Waals surface area contributed by atoms with E-state index in [-0.39, 0.29) is 10.8 Å². The summed E-state index contributed by atoms with van der Waals surface area (Å²) in [5.41, 5.74) is 2.23. The summed E-state index contributed by atoms with van der Waals surface area (Å²) in [6, 6.07) is 6.36. The third kappa shape index (κ3) is 2.69. The molecule has 1 aromatic carbocycles. The van der Waals surface area contributed by atoms with E-state index in [0.29, 0.717) is 24.3 Å². The van der Waals surface area contributed by atoms with Crippen LogP contribution in [0.4, 0.5) is 11.5 Å². The largest absolute Gasteiger partial charge is 0.326 e. The van der Waals surface area contributed by atoms with Gasteiger partial charge in [0.25, 0.3) is 10.0 Å². The molecule has 0 spiro atoms. The number of amides is 1. The van der Waals surface area contributed by atoms with Crippen molar-refractivity contribution in [1.82, 2.24) is 9.78 Å². The number of aryl methyl sites for hydroxylation is 3. The summed E-state index contributed by atoms with van der Waals surface area (Å²) < 4.78 is 28.9. The summed E-state index contributed by atoms with van der Waals surface area (Å²) in [5.74, 6) is 0.357. The zero-order chi connectivity index (χ0) is 15.9. The van der Waals surface area contributed by atoms with E-state index in [4.69, 9.17) is 0 Å². The number of sulfonamides is 1. The minimum atomic E-state index is -3.69. The molecule has 2 heterocycles. The number of carbonyl (C=O) groups is 1. The Bertz CT molecular complexity index is 855. The van der Waals surface area contributed by atoms with Crippen molar-refractivity contribution in [1.29, 1.82) is 0 Å². The van der Waals surface area contributed by atoms with E-state index < -0.39 is 10.0 Å². The molecule has 0 aliphatic carbocycles. The molecule has 1 aliphatic rings. The van der Waals surface area contributed by atoms with Crippen LogP contribution in [0.15, 0.2) is 29.2 Å². The quantitative estimate of drug-likeness (QED) is 0.894. The molecule has 0 saturated carbocycles. The third-order valence-corrected chi connectivity index (χ3v) is 4.88.